The van der Waals surface area contributed by atoms with E-state index in [-0.39, 0.29) is 18.0 Å². The molecule has 0 fully saturated rings. The second-order valence-corrected chi connectivity index (χ2v) is 5.67. The number of alkyl halides is 2. The van der Waals surface area contributed by atoms with E-state index < -0.39 is 18.4 Å². The van der Waals surface area contributed by atoms with Crippen molar-refractivity contribution in [2.24, 2.45) is 0 Å². The first-order chi connectivity index (χ1) is 13.0. The van der Waals surface area contributed by atoms with Crippen LogP contribution in [-0.4, -0.2) is 25.0 Å². The highest BCUT2D eigenvalue weighted by atomic mass is 19.3. The summed E-state index contributed by atoms with van der Waals surface area (Å²) in [5.41, 5.74) is 2.00. The molecule has 8 heteroatoms. The highest BCUT2D eigenvalue weighted by Gasteiger charge is 2.14. The van der Waals surface area contributed by atoms with Gasteiger partial charge in [-0.25, -0.2) is 0 Å². The van der Waals surface area contributed by atoms with E-state index in [1.807, 2.05) is 24.3 Å². The van der Waals surface area contributed by atoms with E-state index >= 15 is 0 Å². The SMILES string of the molecule is CCCNc1ccc(CNC(=O)C(=O)Nc2cccc(OC(F)F)c2)cc1. The van der Waals surface area contributed by atoms with Crippen molar-refractivity contribution >= 4 is 23.2 Å². The number of benzene rings is 2. The lowest BCUT2D eigenvalue weighted by Gasteiger charge is -2.09. The maximum absolute atomic E-state index is 12.2. The minimum atomic E-state index is -2.97. The number of carbonyl (C=O) groups excluding carboxylic acids is 2. The number of hydrogen-bond donors (Lipinski definition) is 3. The van der Waals surface area contributed by atoms with Gasteiger partial charge in [-0.1, -0.05) is 25.1 Å². The Morgan fingerprint density at radius 3 is 2.44 bits per heavy atom. The molecule has 0 aliphatic rings. The average molecular weight is 377 g/mol. The molecule has 0 spiro atoms. The van der Waals surface area contributed by atoms with E-state index in [0.717, 1.165) is 24.2 Å². The first-order valence-corrected chi connectivity index (χ1v) is 8.45. The molecule has 0 radical (unpaired) electrons. The van der Waals surface area contributed by atoms with Gasteiger partial charge in [-0.05, 0) is 36.2 Å². The van der Waals surface area contributed by atoms with Crippen LogP contribution >= 0.6 is 0 Å². The van der Waals surface area contributed by atoms with Crippen molar-refractivity contribution in [2.45, 2.75) is 26.5 Å². The van der Waals surface area contributed by atoms with Crippen LogP contribution in [0.15, 0.2) is 48.5 Å². The highest BCUT2D eigenvalue weighted by Crippen LogP contribution is 2.19. The van der Waals surface area contributed by atoms with Gasteiger partial charge in [0.25, 0.3) is 0 Å². The molecule has 0 saturated carbocycles. The summed E-state index contributed by atoms with van der Waals surface area (Å²) in [6.07, 6.45) is 1.02. The number of carbonyl (C=O) groups is 2. The molecule has 2 aromatic rings. The average Bonchev–Trinajstić information content (AvgIpc) is 2.65. The summed E-state index contributed by atoms with van der Waals surface area (Å²) in [6.45, 7) is 0.168. The maximum atomic E-state index is 12.2. The minimum Gasteiger partial charge on any atom is -0.435 e. The molecule has 27 heavy (non-hydrogen) atoms. The first-order valence-electron chi connectivity index (χ1n) is 8.45. The molecule has 0 unspecified atom stereocenters. The minimum absolute atomic E-state index is 0.111. The van der Waals surface area contributed by atoms with Crippen LogP contribution in [-0.2, 0) is 16.1 Å². The molecule has 2 rings (SSSR count). The predicted octanol–water partition coefficient (Wildman–Crippen LogP) is 3.36. The summed E-state index contributed by atoms with van der Waals surface area (Å²) < 4.78 is 28.7. The van der Waals surface area contributed by atoms with E-state index in [4.69, 9.17) is 0 Å². The fraction of sp³-hybridized carbons (Fsp3) is 0.263. The van der Waals surface area contributed by atoms with Gasteiger partial charge in [-0.3, -0.25) is 9.59 Å². The van der Waals surface area contributed by atoms with Gasteiger partial charge >= 0.3 is 18.4 Å². The summed E-state index contributed by atoms with van der Waals surface area (Å²) in [7, 11) is 0. The van der Waals surface area contributed by atoms with E-state index in [2.05, 4.69) is 27.6 Å². The quantitative estimate of drug-likeness (QED) is 0.617. The topological polar surface area (TPSA) is 79.5 Å². The summed E-state index contributed by atoms with van der Waals surface area (Å²) in [4.78, 5) is 23.8. The van der Waals surface area contributed by atoms with Crippen molar-refractivity contribution in [2.75, 3.05) is 17.2 Å². The van der Waals surface area contributed by atoms with Gasteiger partial charge in [-0.15, -0.1) is 0 Å². The molecule has 0 saturated heterocycles. The van der Waals surface area contributed by atoms with Gasteiger partial charge in [0.15, 0.2) is 0 Å². The molecular formula is C19H21F2N3O3. The zero-order valence-electron chi connectivity index (χ0n) is 14.8. The zero-order valence-corrected chi connectivity index (χ0v) is 14.8. The Labute approximate surface area is 155 Å². The number of halogens is 2. The van der Waals surface area contributed by atoms with Gasteiger partial charge in [0.05, 0.1) is 0 Å². The standard InChI is InChI=1S/C19H21F2N3O3/c1-2-10-22-14-8-6-13(7-9-14)12-23-17(25)18(26)24-15-4-3-5-16(11-15)27-19(20)21/h3-9,11,19,22H,2,10,12H2,1H3,(H,23,25)(H,24,26). The fourth-order valence-electron chi connectivity index (χ4n) is 2.21. The van der Waals surface area contributed by atoms with Gasteiger partial charge in [0, 0.05) is 30.5 Å². The smallest absolute Gasteiger partial charge is 0.387 e. The number of nitrogens with one attached hydrogen (secondary N) is 3. The van der Waals surface area contributed by atoms with Crippen LogP contribution in [0.3, 0.4) is 0 Å². The molecule has 144 valence electrons. The molecule has 0 heterocycles. The molecule has 2 aromatic carbocycles. The van der Waals surface area contributed by atoms with Crippen molar-refractivity contribution in [1.82, 2.24) is 5.32 Å². The van der Waals surface area contributed by atoms with E-state index in [1.54, 1.807) is 0 Å². The number of anilines is 2. The normalized spacial score (nSPS) is 10.4. The lowest BCUT2D eigenvalue weighted by Crippen LogP contribution is -2.34. The van der Waals surface area contributed by atoms with E-state index in [1.165, 1.54) is 24.3 Å². The van der Waals surface area contributed by atoms with Gasteiger partial charge < -0.3 is 20.7 Å². The van der Waals surface area contributed by atoms with Crippen LogP contribution < -0.4 is 20.7 Å². The number of rotatable bonds is 8. The van der Waals surface area contributed by atoms with Crippen molar-refractivity contribution in [3.05, 3.63) is 54.1 Å². The summed E-state index contributed by atoms with van der Waals surface area (Å²) in [6, 6.07) is 12.9. The van der Waals surface area contributed by atoms with E-state index in [9.17, 15) is 18.4 Å². The van der Waals surface area contributed by atoms with Crippen LogP contribution in [0, 0.1) is 0 Å². The van der Waals surface area contributed by atoms with Crippen LogP contribution in [0.4, 0.5) is 20.2 Å². The third kappa shape index (κ3) is 6.93. The Kier molecular flexibility index (Phi) is 7.54. The fourth-order valence-corrected chi connectivity index (χ4v) is 2.21. The molecule has 0 bridgehead atoms. The van der Waals surface area contributed by atoms with Crippen LogP contribution in [0.25, 0.3) is 0 Å². The van der Waals surface area contributed by atoms with Crippen molar-refractivity contribution in [1.29, 1.82) is 0 Å². The second-order valence-electron chi connectivity index (χ2n) is 5.67. The third-order valence-corrected chi connectivity index (χ3v) is 3.51. The number of ether oxygens (including phenoxy) is 1. The molecular weight excluding hydrogens is 356 g/mol. The van der Waals surface area contributed by atoms with Crippen molar-refractivity contribution in [3.8, 4) is 5.75 Å². The van der Waals surface area contributed by atoms with Crippen molar-refractivity contribution in [3.63, 3.8) is 0 Å². The van der Waals surface area contributed by atoms with Crippen LogP contribution in [0.1, 0.15) is 18.9 Å². The molecule has 0 aliphatic carbocycles. The molecule has 0 aromatic heterocycles. The predicted molar refractivity (Wildman–Crippen MR) is 98.8 cm³/mol. The number of amides is 2. The summed E-state index contributed by atoms with van der Waals surface area (Å²) in [5.74, 6) is -1.84. The lowest BCUT2D eigenvalue weighted by molar-refractivity contribution is -0.136. The first kappa shape index (κ1) is 20.2. The monoisotopic (exact) mass is 377 g/mol. The maximum Gasteiger partial charge on any atom is 0.387 e. The summed E-state index contributed by atoms with van der Waals surface area (Å²) >= 11 is 0. The van der Waals surface area contributed by atoms with Crippen LogP contribution in [0.5, 0.6) is 5.75 Å². The molecule has 3 N–H and O–H groups in total. The highest BCUT2D eigenvalue weighted by molar-refractivity contribution is 6.39. The van der Waals surface area contributed by atoms with Crippen LogP contribution in [0.2, 0.25) is 0 Å². The van der Waals surface area contributed by atoms with E-state index in [0.29, 0.717) is 0 Å². The van der Waals surface area contributed by atoms with Gasteiger partial charge in [0.2, 0.25) is 0 Å². The second kappa shape index (κ2) is 10.1. The number of hydrogen-bond acceptors (Lipinski definition) is 4. The third-order valence-electron chi connectivity index (χ3n) is 3.51. The largest absolute Gasteiger partial charge is 0.435 e. The molecule has 6 nitrogen and oxygen atoms in total. The lowest BCUT2D eigenvalue weighted by atomic mass is 10.2. The Morgan fingerprint density at radius 1 is 1.04 bits per heavy atom. The Hall–Kier alpha value is -3.16. The van der Waals surface area contributed by atoms with Gasteiger partial charge in [0.1, 0.15) is 5.75 Å². The summed E-state index contributed by atoms with van der Waals surface area (Å²) in [5, 5.41) is 8.08. The van der Waals surface area contributed by atoms with Crippen molar-refractivity contribution < 1.29 is 23.1 Å². The Bertz CT molecular complexity index is 767. The Morgan fingerprint density at radius 2 is 1.78 bits per heavy atom. The Balaban J connectivity index is 1.84. The zero-order chi connectivity index (χ0) is 19.6. The molecule has 0 atom stereocenters. The molecule has 2 amide bonds. The molecule has 0 aliphatic heterocycles. The van der Waals surface area contributed by atoms with Gasteiger partial charge in [-0.2, -0.15) is 8.78 Å².